The van der Waals surface area contributed by atoms with Gasteiger partial charge in [0.1, 0.15) is 60.7 Å². The lowest BCUT2D eigenvalue weighted by molar-refractivity contribution is -0.0583. The van der Waals surface area contributed by atoms with Crippen molar-refractivity contribution in [3.05, 3.63) is 30.7 Å². The van der Waals surface area contributed by atoms with Crippen LogP contribution in [-0.4, -0.2) is 131 Å². The Balaban J connectivity index is 1.19. The van der Waals surface area contributed by atoms with Gasteiger partial charge >= 0.3 is 13.6 Å². The Kier molecular flexibility index (Phi) is 14.0. The van der Waals surface area contributed by atoms with E-state index in [2.05, 4.69) is 123 Å². The van der Waals surface area contributed by atoms with Gasteiger partial charge in [-0.25, -0.2) is 34.0 Å². The van der Waals surface area contributed by atoms with Gasteiger partial charge in [0.2, 0.25) is 0 Å². The average Bonchev–Trinajstić information content (AvgIpc) is 3.94. The second-order valence-corrected chi connectivity index (χ2v) is 36.3. The molecule has 0 saturated carbocycles. The number of aliphatic hydroxyl groups excluding tert-OH is 1. The second kappa shape index (κ2) is 18.4. The van der Waals surface area contributed by atoms with E-state index in [9.17, 15) is 14.2 Å². The minimum absolute atomic E-state index is 0.0617. The number of hydrogen-bond acceptors (Lipinski definition) is 18. The van der Waals surface area contributed by atoms with E-state index in [0.717, 1.165) is 36.2 Å². The molecular weight excluding hydrogens is 953 g/mol. The molecule has 10 atom stereocenters. The first-order valence-electron chi connectivity index (χ1n) is 21.9. The van der Waals surface area contributed by atoms with Gasteiger partial charge in [0, 0.05) is 25.5 Å². The average molecular weight is 1020 g/mol. The predicted molar refractivity (Wildman–Crippen MR) is 257 cm³/mol. The molecule has 3 saturated heterocycles. The minimum Gasteiger partial charge on any atom is -0.407 e. The molecule has 20 nitrogen and oxygen atoms in total. The van der Waals surface area contributed by atoms with Crippen LogP contribution in [0.3, 0.4) is 0 Å². The van der Waals surface area contributed by atoms with Crippen molar-refractivity contribution in [3.63, 3.8) is 0 Å². The summed E-state index contributed by atoms with van der Waals surface area (Å²) in [5.41, 5.74) is 2.40. The van der Waals surface area contributed by atoms with Crippen molar-refractivity contribution < 1.29 is 51.0 Å². The highest BCUT2D eigenvalue weighted by molar-refractivity contribution is 8.44. The maximum absolute atomic E-state index is 14.8. The van der Waals surface area contributed by atoms with Crippen LogP contribution in [0.2, 0.25) is 36.3 Å². The highest BCUT2D eigenvalue weighted by Gasteiger charge is 2.57. The van der Waals surface area contributed by atoms with Crippen LogP contribution in [0.15, 0.2) is 25.2 Å². The van der Waals surface area contributed by atoms with Crippen molar-refractivity contribution in [2.45, 2.75) is 140 Å². The zero-order valence-corrected chi connectivity index (χ0v) is 44.1. The highest BCUT2D eigenvalue weighted by Crippen LogP contribution is 2.61. The molecular formula is C39H63N9O11P2S2Si2. The molecule has 0 radical (unpaired) electrons. The molecule has 0 amide bonds. The fourth-order valence-corrected chi connectivity index (χ4v) is 13.2. The lowest BCUT2D eigenvalue weighted by atomic mass is 10.1. The number of hydrogen-bond donors (Lipinski definition) is 5. The van der Waals surface area contributed by atoms with Gasteiger partial charge in [0.15, 0.2) is 37.8 Å². The first kappa shape index (κ1) is 49.4. The summed E-state index contributed by atoms with van der Waals surface area (Å²) in [5, 5.41) is 16.5. The molecule has 2 unspecified atom stereocenters. The van der Waals surface area contributed by atoms with Gasteiger partial charge in [-0.3, -0.25) is 22.7 Å². The summed E-state index contributed by atoms with van der Waals surface area (Å²) in [7, 11) is -4.77. The number of thiol groups is 2. The lowest BCUT2D eigenvalue weighted by Gasteiger charge is -2.41. The van der Waals surface area contributed by atoms with Crippen LogP contribution in [-0.2, 0) is 52.3 Å². The fraction of sp³-hybridized carbons (Fsp3) is 0.718. The summed E-state index contributed by atoms with van der Waals surface area (Å²) in [4.78, 5) is 22.6. The standard InChI is InChI=1S/C39H63N9O11P2S2Si2/c1-38(2,3)64(7,8)22-52-28-24-17-53-60(50,62)57-29-25(18-54-61(51,63)58-30(28)36(55-24)48-21-46-27-33(41-14-15-49)43-20-45-35(27)48)56-37(31(29)59-65(9,10)39(4,5)6)47-16-23-12-11-13-40-32-26(23)34(47)44-19-42-32/h16,19-21,24-25,28-31,36-37,49H,11-15,17-18,22H2,1-10H3,(H,50,62)(H,51,63)(H,40,42,44)(H,41,43,45)/t24-,25-,28-,29-,30-,31-,36-,37-,60?,61?/m1/s1. The Morgan fingerprint density at radius 2 is 1.52 bits per heavy atom. The third-order valence-corrected chi connectivity index (χ3v) is 26.4. The zero-order valence-electron chi connectivity index (χ0n) is 38.5. The number of aromatic nitrogens is 7. The van der Waals surface area contributed by atoms with Crippen molar-refractivity contribution in [2.75, 3.05) is 49.8 Å². The van der Waals surface area contributed by atoms with Gasteiger partial charge in [-0.1, -0.05) is 79.1 Å². The monoisotopic (exact) mass is 1020 g/mol. The molecule has 3 fully saturated rings. The number of nitrogens with zero attached hydrogens (tertiary/aromatic N) is 7. The van der Waals surface area contributed by atoms with E-state index in [0.29, 0.717) is 28.9 Å². The summed E-state index contributed by atoms with van der Waals surface area (Å²) in [6.07, 6.45) is 0.233. The number of aliphatic hydroxyl groups is 1. The van der Waals surface area contributed by atoms with Gasteiger partial charge < -0.3 is 38.9 Å². The molecule has 4 aliphatic heterocycles. The quantitative estimate of drug-likeness (QED) is 0.0587. The van der Waals surface area contributed by atoms with E-state index in [1.54, 1.807) is 4.57 Å². The largest absolute Gasteiger partial charge is 0.407 e. The number of aryl methyl sites for hydroxylation is 1. The van der Waals surface area contributed by atoms with Crippen molar-refractivity contribution in [1.82, 2.24) is 34.1 Å². The summed E-state index contributed by atoms with van der Waals surface area (Å²) in [6.45, 7) is 13.0. The van der Waals surface area contributed by atoms with E-state index in [4.69, 9.17) is 41.7 Å². The molecule has 0 spiro atoms. The number of fused-ring (bicyclic) bond motifs is 4. The Hall–Kier alpha value is -2.00. The van der Waals surface area contributed by atoms with Gasteiger partial charge in [-0.15, -0.1) is 0 Å². The Labute approximate surface area is 391 Å². The van der Waals surface area contributed by atoms with Crippen molar-refractivity contribution in [2.24, 2.45) is 0 Å². The van der Waals surface area contributed by atoms with E-state index in [1.807, 2.05) is 10.8 Å². The molecule has 2 bridgehead atoms. The van der Waals surface area contributed by atoms with Crippen molar-refractivity contribution in [3.8, 4) is 0 Å². The lowest BCUT2D eigenvalue weighted by Crippen LogP contribution is -2.49. The Morgan fingerprint density at radius 3 is 2.22 bits per heavy atom. The summed E-state index contributed by atoms with van der Waals surface area (Å²) in [6, 6.07) is 0. The maximum Gasteiger partial charge on any atom is 0.386 e. The highest BCUT2D eigenvalue weighted by atomic mass is 32.7. The van der Waals surface area contributed by atoms with Crippen LogP contribution >= 0.6 is 38.1 Å². The first-order valence-corrected chi connectivity index (χ1v) is 33.4. The number of anilines is 2. The topological polar surface area (TPSA) is 227 Å². The normalized spacial score (nSPS) is 31.8. The molecule has 4 aromatic heterocycles. The summed E-state index contributed by atoms with van der Waals surface area (Å²) in [5.74, 6) is 1.11. The molecule has 8 rings (SSSR count). The maximum atomic E-state index is 14.8. The Morgan fingerprint density at radius 1 is 0.862 bits per heavy atom. The SMILES string of the molecule is CC(C)(C)[Si](C)(C)CO[C@H]1[C@H]2OP(=O)(S)OC[C@H]3O[C@@H](n4cc5c6c(ncnc64)NCCC5)[C@H](O[Si](C)(C)C(C)(C)C)[C@@H]3OP(=O)(S)OC[C@H]1O[C@H]2n1cnc2c(NCCO)ncnc21. The van der Waals surface area contributed by atoms with Crippen LogP contribution < -0.4 is 10.6 Å². The molecule has 65 heavy (non-hydrogen) atoms. The third-order valence-electron chi connectivity index (χ3n) is 13.7. The van der Waals surface area contributed by atoms with Crippen LogP contribution in [0.4, 0.5) is 11.6 Å². The fourth-order valence-electron chi connectivity index (χ4n) is 7.95. The number of nitrogens with one attached hydrogen (secondary N) is 2. The molecule has 0 aromatic carbocycles. The van der Waals surface area contributed by atoms with Crippen LogP contribution in [0.25, 0.3) is 22.2 Å². The third kappa shape index (κ3) is 10.1. The molecule has 4 aromatic rings. The minimum atomic E-state index is -4.35. The van der Waals surface area contributed by atoms with E-state index in [-0.39, 0.29) is 36.4 Å². The first-order chi connectivity index (χ1) is 30.4. The van der Waals surface area contributed by atoms with Crippen LogP contribution in [0.1, 0.15) is 66.0 Å². The van der Waals surface area contributed by atoms with Gasteiger partial charge in [-0.2, -0.15) is 0 Å². The molecule has 0 aliphatic carbocycles. The second-order valence-electron chi connectivity index (χ2n) is 20.3. The molecule has 360 valence electrons. The zero-order chi connectivity index (χ0) is 46.9. The summed E-state index contributed by atoms with van der Waals surface area (Å²) < 4.78 is 86.0. The van der Waals surface area contributed by atoms with E-state index in [1.165, 1.54) is 19.0 Å². The molecule has 4 aliphatic rings. The van der Waals surface area contributed by atoms with Crippen LogP contribution in [0, 0.1) is 0 Å². The van der Waals surface area contributed by atoms with Gasteiger partial charge in [0.05, 0.1) is 39.6 Å². The Bertz CT molecular complexity index is 2470. The van der Waals surface area contributed by atoms with Crippen LogP contribution in [0.5, 0.6) is 0 Å². The summed E-state index contributed by atoms with van der Waals surface area (Å²) >= 11 is 9.14. The smallest absolute Gasteiger partial charge is 0.386 e. The molecule has 3 N–H and O–H groups in total. The van der Waals surface area contributed by atoms with Crippen molar-refractivity contribution >= 4 is 88.3 Å². The van der Waals surface area contributed by atoms with Gasteiger partial charge in [-0.05, 0) is 41.6 Å². The van der Waals surface area contributed by atoms with Gasteiger partial charge in [0.25, 0.3) is 0 Å². The number of ether oxygens (including phenoxy) is 3. The predicted octanol–water partition coefficient (Wildman–Crippen LogP) is 7.54. The van der Waals surface area contributed by atoms with E-state index >= 15 is 0 Å². The number of rotatable bonds is 10. The number of imidazole rings is 1. The van der Waals surface area contributed by atoms with Crippen molar-refractivity contribution in [1.29, 1.82) is 0 Å². The van der Waals surface area contributed by atoms with E-state index < -0.39 is 79.1 Å². The molecule has 26 heteroatoms. The molecule has 8 heterocycles.